The number of nitrogens with one attached hydrogen (secondary N) is 1. The molecule has 1 aromatic heterocycles. The summed E-state index contributed by atoms with van der Waals surface area (Å²) in [4.78, 5) is 26.0. The Bertz CT molecular complexity index is 499. The van der Waals surface area contributed by atoms with Crippen LogP contribution in [-0.4, -0.2) is 33.8 Å². The molecular formula is C13H17FN2O4. The summed E-state index contributed by atoms with van der Waals surface area (Å²) < 4.78 is 17.9. The van der Waals surface area contributed by atoms with Crippen LogP contribution < -0.4 is 5.32 Å². The summed E-state index contributed by atoms with van der Waals surface area (Å²) in [5, 5.41) is 11.3. The summed E-state index contributed by atoms with van der Waals surface area (Å²) in [5.41, 5.74) is -0.309. The number of alkyl carbamates (subject to hydrolysis) is 1. The van der Waals surface area contributed by atoms with Gasteiger partial charge in [0.2, 0.25) is 5.95 Å². The third kappa shape index (κ3) is 5.64. The van der Waals surface area contributed by atoms with Crippen LogP contribution in [0.2, 0.25) is 0 Å². The first-order valence-electron chi connectivity index (χ1n) is 6.00. The van der Waals surface area contributed by atoms with E-state index in [9.17, 15) is 14.0 Å². The highest BCUT2D eigenvalue weighted by atomic mass is 19.1. The molecule has 0 aromatic carbocycles. The average Bonchev–Trinajstić information content (AvgIpc) is 2.25. The summed E-state index contributed by atoms with van der Waals surface area (Å²) in [5.74, 6) is -1.93. The number of carboxylic acids is 1. The number of nitrogens with zero attached hydrogens (tertiary/aromatic N) is 1. The van der Waals surface area contributed by atoms with Crippen LogP contribution in [0, 0.1) is 5.95 Å². The maximum Gasteiger partial charge on any atom is 0.408 e. The number of aliphatic carboxylic acids is 1. The smallest absolute Gasteiger partial charge is 0.408 e. The number of carboxylic acid groups (broad SMARTS) is 1. The maximum absolute atomic E-state index is 12.9. The van der Waals surface area contributed by atoms with Crippen molar-refractivity contribution in [2.24, 2.45) is 0 Å². The molecule has 1 unspecified atom stereocenters. The molecule has 0 saturated heterocycles. The van der Waals surface area contributed by atoms with Crippen LogP contribution in [0.3, 0.4) is 0 Å². The number of halogens is 1. The Morgan fingerprint density at radius 3 is 2.65 bits per heavy atom. The van der Waals surface area contributed by atoms with Gasteiger partial charge in [-0.15, -0.1) is 0 Å². The first kappa shape index (κ1) is 15.9. The molecule has 0 spiro atoms. The molecule has 6 nitrogen and oxygen atoms in total. The number of rotatable bonds is 4. The van der Waals surface area contributed by atoms with E-state index in [-0.39, 0.29) is 6.42 Å². The number of amides is 1. The normalized spacial score (nSPS) is 12.6. The molecule has 110 valence electrons. The Hall–Kier alpha value is -2.18. The van der Waals surface area contributed by atoms with Gasteiger partial charge in [0.1, 0.15) is 11.6 Å². The second kappa shape index (κ2) is 6.31. The molecule has 0 aliphatic rings. The molecule has 0 fully saturated rings. The van der Waals surface area contributed by atoms with E-state index in [0.29, 0.717) is 5.56 Å². The molecule has 0 aliphatic heterocycles. The zero-order chi connectivity index (χ0) is 15.3. The van der Waals surface area contributed by atoms with Crippen molar-refractivity contribution in [3.05, 3.63) is 29.8 Å². The Kier molecular flexibility index (Phi) is 5.01. The molecule has 1 rings (SSSR count). The Morgan fingerprint density at radius 2 is 2.15 bits per heavy atom. The monoisotopic (exact) mass is 284 g/mol. The standard InChI is InChI=1S/C13H17FN2O4/c1-13(2,3)20-12(19)16-9(11(17)18)6-8-4-5-15-10(14)7-8/h4-5,7,9H,6H2,1-3H3,(H,16,19)(H,17,18). The molecule has 0 saturated carbocycles. The fraction of sp³-hybridized carbons (Fsp3) is 0.462. The molecule has 0 bridgehead atoms. The van der Waals surface area contributed by atoms with Crippen LogP contribution in [0.15, 0.2) is 18.3 Å². The first-order valence-corrected chi connectivity index (χ1v) is 6.00. The van der Waals surface area contributed by atoms with E-state index in [1.807, 2.05) is 0 Å². The second-order valence-corrected chi connectivity index (χ2v) is 5.23. The second-order valence-electron chi connectivity index (χ2n) is 5.23. The van der Waals surface area contributed by atoms with Gasteiger partial charge in [-0.2, -0.15) is 4.39 Å². The molecule has 2 N–H and O–H groups in total. The summed E-state index contributed by atoms with van der Waals surface area (Å²) in [6.07, 6.45) is 0.338. The van der Waals surface area contributed by atoms with Gasteiger partial charge in [-0.3, -0.25) is 0 Å². The van der Waals surface area contributed by atoms with E-state index in [1.165, 1.54) is 12.3 Å². The Labute approximate surface area is 116 Å². The summed E-state index contributed by atoms with van der Waals surface area (Å²) in [7, 11) is 0. The highest BCUT2D eigenvalue weighted by Crippen LogP contribution is 2.09. The summed E-state index contributed by atoms with van der Waals surface area (Å²) in [6.45, 7) is 5.00. The fourth-order valence-corrected chi connectivity index (χ4v) is 1.46. The molecule has 1 atom stereocenters. The SMILES string of the molecule is CC(C)(C)OC(=O)NC(Cc1ccnc(F)c1)C(=O)O. The van der Waals surface area contributed by atoms with Crippen LogP contribution in [0.4, 0.5) is 9.18 Å². The van der Waals surface area contributed by atoms with Crippen LogP contribution >= 0.6 is 0 Å². The van der Waals surface area contributed by atoms with Gasteiger partial charge in [0.15, 0.2) is 0 Å². The van der Waals surface area contributed by atoms with Crippen molar-refractivity contribution < 1.29 is 23.8 Å². The van der Waals surface area contributed by atoms with Crippen molar-refractivity contribution in [3.8, 4) is 0 Å². The predicted octanol–water partition coefficient (Wildman–Crippen LogP) is 1.74. The molecule has 7 heteroatoms. The Balaban J connectivity index is 2.71. The highest BCUT2D eigenvalue weighted by Gasteiger charge is 2.24. The molecule has 0 radical (unpaired) electrons. The van der Waals surface area contributed by atoms with Crippen LogP contribution in [0.1, 0.15) is 26.3 Å². The zero-order valence-electron chi connectivity index (χ0n) is 11.5. The summed E-state index contributed by atoms with van der Waals surface area (Å²) >= 11 is 0. The van der Waals surface area contributed by atoms with Crippen LogP contribution in [-0.2, 0) is 16.0 Å². The third-order valence-corrected chi connectivity index (χ3v) is 2.22. The van der Waals surface area contributed by atoms with Gasteiger partial charge in [0, 0.05) is 12.6 Å². The lowest BCUT2D eigenvalue weighted by Crippen LogP contribution is -2.44. The first-order chi connectivity index (χ1) is 9.17. The third-order valence-electron chi connectivity index (χ3n) is 2.22. The van der Waals surface area contributed by atoms with E-state index in [4.69, 9.17) is 9.84 Å². The lowest BCUT2D eigenvalue weighted by Gasteiger charge is -2.22. The highest BCUT2D eigenvalue weighted by molar-refractivity contribution is 5.80. The largest absolute Gasteiger partial charge is 0.480 e. The van der Waals surface area contributed by atoms with E-state index >= 15 is 0 Å². The van der Waals surface area contributed by atoms with Crippen molar-refractivity contribution in [2.75, 3.05) is 0 Å². The van der Waals surface area contributed by atoms with E-state index in [0.717, 1.165) is 6.07 Å². The molecule has 1 heterocycles. The van der Waals surface area contributed by atoms with Gasteiger partial charge in [0.25, 0.3) is 0 Å². The number of aromatic nitrogens is 1. The lowest BCUT2D eigenvalue weighted by molar-refractivity contribution is -0.139. The van der Waals surface area contributed by atoms with E-state index < -0.39 is 29.7 Å². The van der Waals surface area contributed by atoms with Crippen LogP contribution in [0.25, 0.3) is 0 Å². The van der Waals surface area contributed by atoms with Crippen molar-refractivity contribution in [1.29, 1.82) is 0 Å². The number of hydrogen-bond acceptors (Lipinski definition) is 4. The molecule has 20 heavy (non-hydrogen) atoms. The molecule has 0 aliphatic carbocycles. The van der Waals surface area contributed by atoms with E-state index in [2.05, 4.69) is 10.3 Å². The van der Waals surface area contributed by atoms with Gasteiger partial charge in [-0.05, 0) is 38.5 Å². The fourth-order valence-electron chi connectivity index (χ4n) is 1.46. The molecular weight excluding hydrogens is 267 g/mol. The quantitative estimate of drug-likeness (QED) is 0.822. The molecule has 1 amide bonds. The number of hydrogen-bond donors (Lipinski definition) is 2. The minimum absolute atomic E-state index is 0.0615. The van der Waals surface area contributed by atoms with Gasteiger partial charge in [-0.1, -0.05) is 0 Å². The number of carbonyl (C=O) groups excluding carboxylic acids is 1. The zero-order valence-corrected chi connectivity index (χ0v) is 11.5. The van der Waals surface area contributed by atoms with Gasteiger partial charge < -0.3 is 15.2 Å². The average molecular weight is 284 g/mol. The van der Waals surface area contributed by atoms with Gasteiger partial charge in [0.05, 0.1) is 0 Å². The van der Waals surface area contributed by atoms with Crippen molar-refractivity contribution in [1.82, 2.24) is 10.3 Å². The minimum Gasteiger partial charge on any atom is -0.480 e. The topological polar surface area (TPSA) is 88.5 Å². The van der Waals surface area contributed by atoms with Crippen molar-refractivity contribution >= 4 is 12.1 Å². The number of pyridine rings is 1. The maximum atomic E-state index is 12.9. The van der Waals surface area contributed by atoms with Gasteiger partial charge >= 0.3 is 12.1 Å². The summed E-state index contributed by atoms with van der Waals surface area (Å²) in [6, 6.07) is 1.40. The van der Waals surface area contributed by atoms with E-state index in [1.54, 1.807) is 20.8 Å². The Morgan fingerprint density at radius 1 is 1.50 bits per heavy atom. The van der Waals surface area contributed by atoms with Crippen molar-refractivity contribution in [3.63, 3.8) is 0 Å². The van der Waals surface area contributed by atoms with Crippen LogP contribution in [0.5, 0.6) is 0 Å². The number of carbonyl (C=O) groups is 2. The molecule has 1 aromatic rings. The van der Waals surface area contributed by atoms with Crippen molar-refractivity contribution in [2.45, 2.75) is 38.8 Å². The lowest BCUT2D eigenvalue weighted by atomic mass is 10.1. The van der Waals surface area contributed by atoms with Gasteiger partial charge in [-0.25, -0.2) is 14.6 Å². The predicted molar refractivity (Wildman–Crippen MR) is 68.7 cm³/mol. The minimum atomic E-state index is -1.23. The number of ether oxygens (including phenoxy) is 1.